The van der Waals surface area contributed by atoms with Crippen LogP contribution in [-0.2, 0) is 11.2 Å². The second-order valence-corrected chi connectivity index (χ2v) is 7.66. The van der Waals surface area contributed by atoms with Gasteiger partial charge in [0.2, 0.25) is 0 Å². The first-order valence-electron chi connectivity index (χ1n) is 9.62. The summed E-state index contributed by atoms with van der Waals surface area (Å²) in [7, 11) is 0. The molecule has 2 aromatic carbocycles. The highest BCUT2D eigenvalue weighted by atomic mass is 16.5. The molecule has 0 aliphatic heterocycles. The smallest absolute Gasteiger partial charge is 0.307 e. The Morgan fingerprint density at radius 1 is 1.15 bits per heavy atom. The van der Waals surface area contributed by atoms with Gasteiger partial charge in [0.25, 0.3) is 0 Å². The number of carbonyl (C=O) groups is 1. The van der Waals surface area contributed by atoms with Gasteiger partial charge in [-0.15, -0.1) is 0 Å². The summed E-state index contributed by atoms with van der Waals surface area (Å²) in [5, 5.41) is 10.3. The Morgan fingerprint density at radius 3 is 2.52 bits per heavy atom. The highest BCUT2D eigenvalue weighted by Crippen LogP contribution is 2.39. The fourth-order valence-corrected chi connectivity index (χ4v) is 4.35. The van der Waals surface area contributed by atoms with Crippen LogP contribution in [-0.4, -0.2) is 16.1 Å². The molecule has 4 rings (SSSR count). The monoisotopic (exact) mass is 363 g/mol. The van der Waals surface area contributed by atoms with E-state index in [4.69, 9.17) is 9.84 Å². The first-order valence-corrected chi connectivity index (χ1v) is 9.62. The number of aromatic amines is 1. The van der Waals surface area contributed by atoms with Crippen molar-refractivity contribution in [3.05, 3.63) is 58.8 Å². The maximum atomic E-state index is 11.0. The van der Waals surface area contributed by atoms with Crippen LogP contribution in [0.15, 0.2) is 36.5 Å². The number of carboxylic acid groups (broad SMARTS) is 1. The number of carboxylic acids is 1. The molecule has 0 radical (unpaired) electrons. The van der Waals surface area contributed by atoms with Crippen LogP contribution in [0.1, 0.15) is 53.9 Å². The molecule has 1 heterocycles. The number of hydrogen-bond donors (Lipinski definition) is 2. The lowest BCUT2D eigenvalue weighted by molar-refractivity contribution is -0.136. The second kappa shape index (κ2) is 7.10. The van der Waals surface area contributed by atoms with Crippen molar-refractivity contribution < 1.29 is 14.6 Å². The predicted octanol–water partition coefficient (Wildman–Crippen LogP) is 5.86. The molecule has 1 aliphatic rings. The van der Waals surface area contributed by atoms with Gasteiger partial charge >= 0.3 is 5.97 Å². The number of benzene rings is 2. The molecule has 0 spiro atoms. The van der Waals surface area contributed by atoms with Crippen molar-refractivity contribution in [2.45, 2.75) is 51.9 Å². The van der Waals surface area contributed by atoms with Gasteiger partial charge in [-0.2, -0.15) is 0 Å². The Labute approximate surface area is 159 Å². The van der Waals surface area contributed by atoms with Crippen LogP contribution in [0.3, 0.4) is 0 Å². The lowest BCUT2D eigenvalue weighted by Crippen LogP contribution is -2.02. The van der Waals surface area contributed by atoms with Gasteiger partial charge in [0.1, 0.15) is 11.5 Å². The van der Waals surface area contributed by atoms with E-state index < -0.39 is 5.97 Å². The Balaban J connectivity index is 1.65. The first kappa shape index (κ1) is 17.7. The molecule has 0 saturated heterocycles. The third kappa shape index (κ3) is 3.57. The fraction of sp³-hybridized carbons (Fsp3) is 0.348. The number of aromatic nitrogens is 1. The van der Waals surface area contributed by atoms with Gasteiger partial charge in [0, 0.05) is 17.1 Å². The molecular weight excluding hydrogens is 338 g/mol. The number of rotatable bonds is 5. The fourth-order valence-electron chi connectivity index (χ4n) is 4.35. The molecule has 1 aromatic heterocycles. The maximum absolute atomic E-state index is 11.0. The van der Waals surface area contributed by atoms with E-state index in [1.54, 1.807) is 0 Å². The maximum Gasteiger partial charge on any atom is 0.307 e. The summed E-state index contributed by atoms with van der Waals surface area (Å²) in [6.07, 6.45) is 7.34. The highest BCUT2D eigenvalue weighted by Gasteiger charge is 2.20. The van der Waals surface area contributed by atoms with Crippen LogP contribution in [0.4, 0.5) is 0 Å². The van der Waals surface area contributed by atoms with E-state index in [9.17, 15) is 4.79 Å². The molecule has 27 heavy (non-hydrogen) atoms. The number of ether oxygens (including phenoxy) is 1. The zero-order chi connectivity index (χ0) is 19.0. The molecule has 0 bridgehead atoms. The molecule has 2 N–H and O–H groups in total. The van der Waals surface area contributed by atoms with E-state index >= 15 is 0 Å². The summed E-state index contributed by atoms with van der Waals surface area (Å²) >= 11 is 0. The summed E-state index contributed by atoms with van der Waals surface area (Å²) in [4.78, 5) is 14.4. The van der Waals surface area contributed by atoms with Gasteiger partial charge in [-0.25, -0.2) is 0 Å². The first-order chi connectivity index (χ1) is 13.0. The van der Waals surface area contributed by atoms with Crippen LogP contribution in [0.2, 0.25) is 0 Å². The number of H-pyrrole nitrogens is 1. The minimum absolute atomic E-state index is 0.0298. The lowest BCUT2D eigenvalue weighted by atomic mass is 9.97. The molecule has 4 heteroatoms. The van der Waals surface area contributed by atoms with Gasteiger partial charge in [0.15, 0.2) is 0 Å². The average Bonchev–Trinajstić information content (AvgIpc) is 3.26. The van der Waals surface area contributed by atoms with Crippen molar-refractivity contribution in [2.24, 2.45) is 0 Å². The average molecular weight is 363 g/mol. The number of nitrogens with one attached hydrogen (secondary N) is 1. The van der Waals surface area contributed by atoms with Gasteiger partial charge in [-0.1, -0.05) is 25.0 Å². The molecule has 0 atom stereocenters. The SMILES string of the molecule is Cc1cc(CC(=O)O)cc(C)c1Oc1ccc2[nH]cc(C3CCCC3)c2c1. The second-order valence-electron chi connectivity index (χ2n) is 7.66. The van der Waals surface area contributed by atoms with Crippen molar-refractivity contribution in [1.82, 2.24) is 4.98 Å². The van der Waals surface area contributed by atoms with E-state index in [0.29, 0.717) is 5.92 Å². The third-order valence-corrected chi connectivity index (χ3v) is 5.58. The van der Waals surface area contributed by atoms with Crippen LogP contribution in [0.25, 0.3) is 10.9 Å². The van der Waals surface area contributed by atoms with E-state index in [1.165, 1.54) is 36.6 Å². The van der Waals surface area contributed by atoms with Gasteiger partial charge in [-0.3, -0.25) is 4.79 Å². The van der Waals surface area contributed by atoms with Crippen molar-refractivity contribution in [1.29, 1.82) is 0 Å². The number of fused-ring (bicyclic) bond motifs is 1. The molecule has 3 aromatic rings. The van der Waals surface area contributed by atoms with Gasteiger partial charge in [0.05, 0.1) is 6.42 Å². The number of aryl methyl sites for hydroxylation is 2. The third-order valence-electron chi connectivity index (χ3n) is 5.58. The molecule has 140 valence electrons. The van der Waals surface area contributed by atoms with E-state index in [-0.39, 0.29) is 6.42 Å². The molecule has 1 saturated carbocycles. The van der Waals surface area contributed by atoms with Crippen molar-refractivity contribution in [3.8, 4) is 11.5 Å². The molecular formula is C23H25NO3. The Morgan fingerprint density at radius 2 is 1.85 bits per heavy atom. The zero-order valence-electron chi connectivity index (χ0n) is 15.8. The number of aliphatic carboxylic acids is 1. The molecule has 4 nitrogen and oxygen atoms in total. The normalized spacial score (nSPS) is 14.7. The highest BCUT2D eigenvalue weighted by molar-refractivity contribution is 5.85. The largest absolute Gasteiger partial charge is 0.481 e. The van der Waals surface area contributed by atoms with Gasteiger partial charge in [-0.05, 0) is 73.1 Å². The quantitative estimate of drug-likeness (QED) is 0.596. The Kier molecular flexibility index (Phi) is 4.65. The van der Waals surface area contributed by atoms with Crippen LogP contribution in [0, 0.1) is 13.8 Å². The molecule has 0 amide bonds. The van der Waals surface area contributed by atoms with E-state index in [0.717, 1.165) is 33.7 Å². The molecule has 1 fully saturated rings. The minimum Gasteiger partial charge on any atom is -0.481 e. The van der Waals surface area contributed by atoms with Crippen molar-refractivity contribution >= 4 is 16.9 Å². The zero-order valence-corrected chi connectivity index (χ0v) is 15.8. The van der Waals surface area contributed by atoms with Gasteiger partial charge < -0.3 is 14.8 Å². The molecule has 0 unspecified atom stereocenters. The van der Waals surface area contributed by atoms with Crippen molar-refractivity contribution in [2.75, 3.05) is 0 Å². The summed E-state index contributed by atoms with van der Waals surface area (Å²) < 4.78 is 6.23. The van der Waals surface area contributed by atoms with Crippen molar-refractivity contribution in [3.63, 3.8) is 0 Å². The van der Waals surface area contributed by atoms with Crippen LogP contribution >= 0.6 is 0 Å². The topological polar surface area (TPSA) is 62.3 Å². The Hall–Kier alpha value is -2.75. The van der Waals surface area contributed by atoms with Crippen LogP contribution in [0.5, 0.6) is 11.5 Å². The Bertz CT molecular complexity index is 973. The minimum atomic E-state index is -0.820. The van der Waals surface area contributed by atoms with Crippen LogP contribution < -0.4 is 4.74 Å². The van der Waals surface area contributed by atoms with E-state index in [1.807, 2.05) is 32.0 Å². The summed E-state index contributed by atoms with van der Waals surface area (Å²) in [6.45, 7) is 3.93. The number of hydrogen-bond acceptors (Lipinski definition) is 2. The summed E-state index contributed by atoms with van der Waals surface area (Å²) in [6, 6.07) is 9.99. The molecule has 1 aliphatic carbocycles. The standard InChI is InChI=1S/C23H25NO3/c1-14-9-16(11-22(25)26)10-15(2)23(14)27-18-7-8-21-19(12-18)20(13-24-21)17-5-3-4-6-17/h7-10,12-13,17,24H,3-6,11H2,1-2H3,(H,25,26). The summed E-state index contributed by atoms with van der Waals surface area (Å²) in [5.74, 6) is 1.45. The lowest BCUT2D eigenvalue weighted by Gasteiger charge is -2.14. The summed E-state index contributed by atoms with van der Waals surface area (Å²) in [5.41, 5.74) is 5.26. The predicted molar refractivity (Wildman–Crippen MR) is 107 cm³/mol. The van der Waals surface area contributed by atoms with E-state index in [2.05, 4.69) is 23.3 Å².